The minimum Gasteiger partial charge on any atom is -0.474 e. The fourth-order valence-corrected chi connectivity index (χ4v) is 2.72. The molecule has 0 spiro atoms. The molecular weight excluding hydrogens is 386 g/mol. The van der Waals surface area contributed by atoms with E-state index in [9.17, 15) is 29.8 Å². The number of pyridine rings is 1. The van der Waals surface area contributed by atoms with Crippen LogP contribution < -0.4 is 15.0 Å². The van der Waals surface area contributed by atoms with Crippen molar-refractivity contribution in [2.24, 2.45) is 0 Å². The number of anilines is 2. The molecule has 1 aliphatic heterocycles. The van der Waals surface area contributed by atoms with Gasteiger partial charge < -0.3 is 20.2 Å². The molecule has 0 saturated heterocycles. The fourth-order valence-electron chi connectivity index (χ4n) is 2.72. The van der Waals surface area contributed by atoms with Crippen molar-refractivity contribution in [3.8, 4) is 5.75 Å². The lowest BCUT2D eigenvalue weighted by Gasteiger charge is -2.30. The minimum atomic E-state index is -0.849. The molecule has 12 nitrogen and oxygen atoms in total. The molecule has 1 atom stereocenters. The number of hydrogen-bond acceptors (Lipinski definition) is 8. The minimum absolute atomic E-state index is 0.118. The van der Waals surface area contributed by atoms with E-state index in [-0.39, 0.29) is 17.3 Å². The van der Waals surface area contributed by atoms with Gasteiger partial charge >= 0.3 is 5.82 Å². The van der Waals surface area contributed by atoms with Crippen LogP contribution in [0, 0.1) is 20.2 Å². The van der Waals surface area contributed by atoms with Crippen molar-refractivity contribution in [3.05, 3.63) is 56.6 Å². The lowest BCUT2D eigenvalue weighted by molar-refractivity contribution is -0.389. The van der Waals surface area contributed by atoms with Crippen LogP contribution in [0.5, 0.6) is 5.75 Å². The molecule has 0 aliphatic carbocycles. The molecule has 150 valence electrons. The summed E-state index contributed by atoms with van der Waals surface area (Å²) in [5.41, 5.74) is 0.156. The maximum atomic E-state index is 12.6. The first kappa shape index (κ1) is 19.7. The molecule has 12 heteroatoms. The van der Waals surface area contributed by atoms with Gasteiger partial charge in [0.2, 0.25) is 5.91 Å². The smallest absolute Gasteiger partial charge is 0.366 e. The third-order valence-electron chi connectivity index (χ3n) is 4.11. The molecule has 1 aliphatic rings. The van der Waals surface area contributed by atoms with E-state index < -0.39 is 40.1 Å². The number of nitrogens with zero attached hydrogens (tertiary/aromatic N) is 4. The SMILES string of the molecule is CCC1Oc2ccc([N+](=O)[O-])nc2N(CC(=O)Nc2ccc([N+](=O)[O-])cc2)C1=O. The van der Waals surface area contributed by atoms with Crippen LogP contribution in [0.2, 0.25) is 0 Å². The van der Waals surface area contributed by atoms with Crippen molar-refractivity contribution < 1.29 is 24.2 Å². The monoisotopic (exact) mass is 401 g/mol. The maximum absolute atomic E-state index is 12.6. The number of nitrogens with one attached hydrogen (secondary N) is 1. The summed E-state index contributed by atoms with van der Waals surface area (Å²) in [7, 11) is 0. The van der Waals surface area contributed by atoms with E-state index in [0.29, 0.717) is 12.1 Å². The number of non-ortho nitro benzene ring substituents is 1. The van der Waals surface area contributed by atoms with Gasteiger partial charge in [0.15, 0.2) is 11.9 Å². The summed E-state index contributed by atoms with van der Waals surface area (Å²) in [5.74, 6) is -1.61. The number of carbonyl (C=O) groups excluding carboxylic acids is 2. The van der Waals surface area contributed by atoms with Crippen LogP contribution in [-0.4, -0.2) is 39.3 Å². The predicted octanol–water partition coefficient (Wildman–Crippen LogP) is 2.04. The van der Waals surface area contributed by atoms with Crippen molar-refractivity contribution >= 4 is 34.8 Å². The number of nitro benzene ring substituents is 1. The second-order valence-electron chi connectivity index (χ2n) is 6.04. The third-order valence-corrected chi connectivity index (χ3v) is 4.11. The van der Waals surface area contributed by atoms with Crippen molar-refractivity contribution in [1.29, 1.82) is 0 Å². The summed E-state index contributed by atoms with van der Waals surface area (Å²) in [4.78, 5) is 50.3. The Kier molecular flexibility index (Phi) is 5.34. The topological polar surface area (TPSA) is 158 Å². The Balaban J connectivity index is 1.83. The molecule has 29 heavy (non-hydrogen) atoms. The number of rotatable bonds is 6. The summed E-state index contributed by atoms with van der Waals surface area (Å²) in [6.45, 7) is 1.26. The number of carbonyl (C=O) groups is 2. The highest BCUT2D eigenvalue weighted by atomic mass is 16.6. The van der Waals surface area contributed by atoms with E-state index in [1.54, 1.807) is 6.92 Å². The largest absolute Gasteiger partial charge is 0.474 e. The van der Waals surface area contributed by atoms with Crippen LogP contribution in [0.15, 0.2) is 36.4 Å². The van der Waals surface area contributed by atoms with Crippen molar-refractivity contribution in [2.45, 2.75) is 19.4 Å². The zero-order valence-electron chi connectivity index (χ0n) is 15.1. The third kappa shape index (κ3) is 4.10. The standard InChI is InChI=1S/C17H15N5O7/c1-2-12-17(24)20(16-13(29-12)7-8-14(19-16)22(27)28)9-15(23)18-10-3-5-11(6-4-10)21(25)26/h3-8,12H,2,9H2,1H3,(H,18,23). The predicted molar refractivity (Wildman–Crippen MR) is 99.7 cm³/mol. The van der Waals surface area contributed by atoms with Crippen LogP contribution >= 0.6 is 0 Å². The van der Waals surface area contributed by atoms with Gasteiger partial charge in [-0.25, -0.2) is 0 Å². The van der Waals surface area contributed by atoms with Crippen LogP contribution in [-0.2, 0) is 9.59 Å². The lowest BCUT2D eigenvalue weighted by atomic mass is 10.2. The zero-order chi connectivity index (χ0) is 21.1. The highest BCUT2D eigenvalue weighted by Crippen LogP contribution is 2.34. The number of hydrogen-bond donors (Lipinski definition) is 1. The van der Waals surface area contributed by atoms with E-state index in [0.717, 1.165) is 11.0 Å². The Bertz CT molecular complexity index is 992. The van der Waals surface area contributed by atoms with Gasteiger partial charge in [0.1, 0.15) is 6.54 Å². The van der Waals surface area contributed by atoms with Gasteiger partial charge in [0, 0.05) is 23.9 Å². The van der Waals surface area contributed by atoms with Gasteiger partial charge in [0.25, 0.3) is 17.4 Å². The van der Waals surface area contributed by atoms with E-state index in [2.05, 4.69) is 10.3 Å². The second kappa shape index (κ2) is 7.88. The molecule has 0 saturated carbocycles. The molecule has 1 aromatic heterocycles. The van der Waals surface area contributed by atoms with E-state index >= 15 is 0 Å². The van der Waals surface area contributed by atoms with Gasteiger partial charge in [-0.05, 0) is 34.5 Å². The van der Waals surface area contributed by atoms with Crippen molar-refractivity contribution in [1.82, 2.24) is 4.98 Å². The normalized spacial score (nSPS) is 15.3. The van der Waals surface area contributed by atoms with Gasteiger partial charge in [-0.2, -0.15) is 0 Å². The molecule has 0 fully saturated rings. The summed E-state index contributed by atoms with van der Waals surface area (Å²) in [6, 6.07) is 7.63. The summed E-state index contributed by atoms with van der Waals surface area (Å²) in [6.07, 6.45) is -0.520. The van der Waals surface area contributed by atoms with Crippen molar-refractivity contribution in [3.63, 3.8) is 0 Å². The Morgan fingerprint density at radius 1 is 1.17 bits per heavy atom. The molecule has 0 radical (unpaired) electrons. The van der Waals surface area contributed by atoms with Crippen LogP contribution in [0.25, 0.3) is 0 Å². The van der Waals surface area contributed by atoms with Gasteiger partial charge in [0.05, 0.1) is 4.92 Å². The fraction of sp³-hybridized carbons (Fsp3) is 0.235. The number of nitro groups is 2. The lowest BCUT2D eigenvalue weighted by Crippen LogP contribution is -2.49. The number of aromatic nitrogens is 1. The average molecular weight is 401 g/mol. The van der Waals surface area contributed by atoms with E-state index in [1.807, 2.05) is 0 Å². The quantitative estimate of drug-likeness (QED) is 0.569. The van der Waals surface area contributed by atoms with Crippen molar-refractivity contribution in [2.75, 3.05) is 16.8 Å². The maximum Gasteiger partial charge on any atom is 0.366 e. The van der Waals surface area contributed by atoms with E-state index in [4.69, 9.17) is 4.74 Å². The van der Waals surface area contributed by atoms with Crippen LogP contribution in [0.1, 0.15) is 13.3 Å². The Labute approximate surface area is 163 Å². The summed E-state index contributed by atoms with van der Waals surface area (Å²) < 4.78 is 5.52. The Morgan fingerprint density at radius 2 is 1.86 bits per heavy atom. The first-order valence-corrected chi connectivity index (χ1v) is 8.48. The molecule has 1 N–H and O–H groups in total. The first-order chi connectivity index (χ1) is 13.8. The van der Waals surface area contributed by atoms with E-state index in [1.165, 1.54) is 30.3 Å². The zero-order valence-corrected chi connectivity index (χ0v) is 15.1. The molecule has 2 aromatic rings. The van der Waals surface area contributed by atoms with Crippen LogP contribution in [0.4, 0.5) is 23.0 Å². The average Bonchev–Trinajstić information content (AvgIpc) is 2.69. The second-order valence-corrected chi connectivity index (χ2v) is 6.04. The molecule has 0 bridgehead atoms. The highest BCUT2D eigenvalue weighted by Gasteiger charge is 2.39. The molecule has 1 unspecified atom stereocenters. The molecule has 3 rings (SSSR count). The molecule has 1 aromatic carbocycles. The molecular formula is C17H15N5O7. The number of benzene rings is 1. The first-order valence-electron chi connectivity index (χ1n) is 8.48. The van der Waals surface area contributed by atoms with Crippen LogP contribution in [0.3, 0.4) is 0 Å². The number of amides is 2. The highest BCUT2D eigenvalue weighted by molar-refractivity contribution is 6.05. The number of fused-ring (bicyclic) bond motifs is 1. The summed E-state index contributed by atoms with van der Waals surface area (Å²) in [5, 5.41) is 24.2. The van der Waals surface area contributed by atoms with Gasteiger partial charge in [-0.15, -0.1) is 0 Å². The Hall–Kier alpha value is -4.09. The molecule has 2 amide bonds. The summed E-state index contributed by atoms with van der Waals surface area (Å²) >= 11 is 0. The van der Waals surface area contributed by atoms with Gasteiger partial charge in [-0.1, -0.05) is 6.92 Å². The number of ether oxygens (including phenoxy) is 1. The van der Waals surface area contributed by atoms with Gasteiger partial charge in [-0.3, -0.25) is 24.6 Å². The Morgan fingerprint density at radius 3 is 2.45 bits per heavy atom. The molecule has 2 heterocycles.